The van der Waals surface area contributed by atoms with E-state index in [9.17, 15) is 0 Å². The number of ether oxygens (including phenoxy) is 2. The van der Waals surface area contributed by atoms with Gasteiger partial charge in [-0.2, -0.15) is 0 Å². The fourth-order valence-electron chi connectivity index (χ4n) is 1.84. The summed E-state index contributed by atoms with van der Waals surface area (Å²) in [5.74, 6) is 0.856. The molecule has 2 aromatic carbocycles. The predicted octanol–water partition coefficient (Wildman–Crippen LogP) is 4.06. The molecule has 0 amide bonds. The molecule has 0 bridgehead atoms. The number of benzene rings is 2. The molecule has 0 N–H and O–H groups in total. The minimum absolute atomic E-state index is 0.175. The molecule has 0 aliphatic rings. The van der Waals surface area contributed by atoms with Gasteiger partial charge in [-0.15, -0.1) is 0 Å². The van der Waals surface area contributed by atoms with E-state index >= 15 is 0 Å². The van der Waals surface area contributed by atoms with Crippen molar-refractivity contribution in [2.45, 2.75) is 26.1 Å². The third-order valence-corrected chi connectivity index (χ3v) is 2.88. The van der Waals surface area contributed by atoms with Crippen LogP contribution >= 0.6 is 0 Å². The van der Waals surface area contributed by atoms with E-state index in [1.807, 2.05) is 48.5 Å². The first-order valence-electron chi connectivity index (χ1n) is 6.75. The summed E-state index contributed by atoms with van der Waals surface area (Å²) in [4.78, 5) is 0. The maximum atomic E-state index is 5.78. The van der Waals surface area contributed by atoms with Crippen LogP contribution in [0, 0.1) is 0 Å². The quantitative estimate of drug-likeness (QED) is 0.695. The van der Waals surface area contributed by atoms with Crippen molar-refractivity contribution < 1.29 is 9.47 Å². The van der Waals surface area contributed by atoms with E-state index in [1.165, 1.54) is 5.56 Å². The Hall–Kier alpha value is -1.80. The molecule has 2 aromatic rings. The van der Waals surface area contributed by atoms with Crippen molar-refractivity contribution >= 4 is 0 Å². The summed E-state index contributed by atoms with van der Waals surface area (Å²) in [5.41, 5.74) is 1.29. The van der Waals surface area contributed by atoms with Gasteiger partial charge in [-0.3, -0.25) is 0 Å². The first kappa shape index (κ1) is 13.6. The molecule has 1 unspecified atom stereocenters. The standard InChI is InChI=1S/C17H20O2/c1-2-17(19-16-11-7-4-8-12-16)18-14-13-15-9-5-3-6-10-15/h3-12,17H,2,13-14H2,1H3. The first-order valence-corrected chi connectivity index (χ1v) is 6.75. The van der Waals surface area contributed by atoms with Crippen LogP contribution in [0.15, 0.2) is 60.7 Å². The van der Waals surface area contributed by atoms with Gasteiger partial charge in [0, 0.05) is 6.42 Å². The average Bonchev–Trinajstić information content (AvgIpc) is 2.48. The van der Waals surface area contributed by atoms with E-state index in [0.29, 0.717) is 6.61 Å². The maximum absolute atomic E-state index is 5.78. The summed E-state index contributed by atoms with van der Waals surface area (Å²) in [6.07, 6.45) is 1.57. The van der Waals surface area contributed by atoms with Crippen molar-refractivity contribution in [3.05, 3.63) is 66.2 Å². The molecule has 0 aliphatic carbocycles. The highest BCUT2D eigenvalue weighted by Gasteiger charge is 2.07. The molecule has 1 atom stereocenters. The molecule has 0 aliphatic heterocycles. The second kappa shape index (κ2) is 7.59. The molecule has 0 heterocycles. The van der Waals surface area contributed by atoms with Crippen molar-refractivity contribution in [3.63, 3.8) is 0 Å². The lowest BCUT2D eigenvalue weighted by Gasteiger charge is -2.18. The van der Waals surface area contributed by atoms with Gasteiger partial charge in [0.1, 0.15) is 5.75 Å². The zero-order chi connectivity index (χ0) is 13.3. The van der Waals surface area contributed by atoms with E-state index < -0.39 is 0 Å². The second-order valence-electron chi connectivity index (χ2n) is 4.38. The Bertz CT molecular complexity index is 453. The highest BCUT2D eigenvalue weighted by Crippen LogP contribution is 2.13. The Morgan fingerprint density at radius 2 is 1.53 bits per heavy atom. The Morgan fingerprint density at radius 3 is 2.16 bits per heavy atom. The van der Waals surface area contributed by atoms with Crippen LogP contribution in [-0.4, -0.2) is 12.9 Å². The van der Waals surface area contributed by atoms with Crippen LogP contribution in [-0.2, 0) is 11.2 Å². The van der Waals surface area contributed by atoms with Crippen LogP contribution in [0.3, 0.4) is 0 Å². The Balaban J connectivity index is 1.77. The first-order chi connectivity index (χ1) is 9.38. The smallest absolute Gasteiger partial charge is 0.199 e. The Morgan fingerprint density at radius 1 is 0.895 bits per heavy atom. The zero-order valence-electron chi connectivity index (χ0n) is 11.3. The number of rotatable bonds is 7. The van der Waals surface area contributed by atoms with E-state index in [2.05, 4.69) is 19.1 Å². The molecule has 0 saturated heterocycles. The van der Waals surface area contributed by atoms with Crippen LogP contribution in [0.5, 0.6) is 5.75 Å². The number of para-hydroxylation sites is 1. The number of hydrogen-bond donors (Lipinski definition) is 0. The monoisotopic (exact) mass is 256 g/mol. The average molecular weight is 256 g/mol. The van der Waals surface area contributed by atoms with Crippen LogP contribution < -0.4 is 4.74 Å². The van der Waals surface area contributed by atoms with Crippen molar-refractivity contribution in [3.8, 4) is 5.75 Å². The lowest BCUT2D eigenvalue weighted by molar-refractivity contribution is -0.0804. The molecule has 2 heteroatoms. The summed E-state index contributed by atoms with van der Waals surface area (Å²) < 4.78 is 11.6. The van der Waals surface area contributed by atoms with E-state index in [1.54, 1.807) is 0 Å². The highest BCUT2D eigenvalue weighted by atomic mass is 16.7. The predicted molar refractivity (Wildman–Crippen MR) is 77.2 cm³/mol. The normalized spacial score (nSPS) is 12.1. The third-order valence-electron chi connectivity index (χ3n) is 2.88. The van der Waals surface area contributed by atoms with Gasteiger partial charge in [0.15, 0.2) is 6.29 Å². The topological polar surface area (TPSA) is 18.5 Å². The molecule has 0 spiro atoms. The maximum Gasteiger partial charge on any atom is 0.199 e. The van der Waals surface area contributed by atoms with Gasteiger partial charge in [0.05, 0.1) is 6.61 Å². The van der Waals surface area contributed by atoms with Crippen molar-refractivity contribution in [1.82, 2.24) is 0 Å². The summed E-state index contributed by atoms with van der Waals surface area (Å²) >= 11 is 0. The minimum Gasteiger partial charge on any atom is -0.465 e. The highest BCUT2D eigenvalue weighted by molar-refractivity contribution is 5.21. The summed E-state index contributed by atoms with van der Waals surface area (Å²) in [5, 5.41) is 0. The van der Waals surface area contributed by atoms with Crippen molar-refractivity contribution in [2.24, 2.45) is 0 Å². The lowest BCUT2D eigenvalue weighted by Crippen LogP contribution is -2.20. The van der Waals surface area contributed by atoms with Crippen LogP contribution in [0.1, 0.15) is 18.9 Å². The molecule has 2 rings (SSSR count). The van der Waals surface area contributed by atoms with Gasteiger partial charge in [-0.25, -0.2) is 0 Å². The van der Waals surface area contributed by atoms with E-state index in [-0.39, 0.29) is 6.29 Å². The van der Waals surface area contributed by atoms with E-state index in [0.717, 1.165) is 18.6 Å². The molecule has 0 radical (unpaired) electrons. The fraction of sp³-hybridized carbons (Fsp3) is 0.294. The van der Waals surface area contributed by atoms with Gasteiger partial charge >= 0.3 is 0 Å². The van der Waals surface area contributed by atoms with Crippen molar-refractivity contribution in [2.75, 3.05) is 6.61 Å². The van der Waals surface area contributed by atoms with Gasteiger partial charge in [0.2, 0.25) is 0 Å². The summed E-state index contributed by atoms with van der Waals surface area (Å²) in [6, 6.07) is 20.2. The van der Waals surface area contributed by atoms with Crippen LogP contribution in [0.4, 0.5) is 0 Å². The molecule has 2 nitrogen and oxygen atoms in total. The summed E-state index contributed by atoms with van der Waals surface area (Å²) in [6.45, 7) is 2.74. The Labute approximate surface area is 115 Å². The van der Waals surface area contributed by atoms with Crippen molar-refractivity contribution in [1.29, 1.82) is 0 Å². The molecule has 100 valence electrons. The van der Waals surface area contributed by atoms with E-state index in [4.69, 9.17) is 9.47 Å². The molecule has 0 fully saturated rings. The van der Waals surface area contributed by atoms with Gasteiger partial charge < -0.3 is 9.47 Å². The van der Waals surface area contributed by atoms with Gasteiger partial charge in [-0.1, -0.05) is 55.5 Å². The third kappa shape index (κ3) is 4.76. The summed E-state index contributed by atoms with van der Waals surface area (Å²) in [7, 11) is 0. The van der Waals surface area contributed by atoms with Crippen LogP contribution in [0.2, 0.25) is 0 Å². The number of hydrogen-bond acceptors (Lipinski definition) is 2. The van der Waals surface area contributed by atoms with Gasteiger partial charge in [-0.05, 0) is 24.1 Å². The van der Waals surface area contributed by atoms with Gasteiger partial charge in [0.25, 0.3) is 0 Å². The molecule has 0 saturated carbocycles. The molecular formula is C17H20O2. The fourth-order valence-corrected chi connectivity index (χ4v) is 1.84. The zero-order valence-corrected chi connectivity index (χ0v) is 11.3. The largest absolute Gasteiger partial charge is 0.465 e. The SMILES string of the molecule is CCC(OCCc1ccccc1)Oc1ccccc1. The lowest BCUT2D eigenvalue weighted by atomic mass is 10.2. The Kier molecular flexibility index (Phi) is 5.45. The van der Waals surface area contributed by atoms with Crippen LogP contribution in [0.25, 0.3) is 0 Å². The molecule has 0 aromatic heterocycles. The molecular weight excluding hydrogens is 236 g/mol. The minimum atomic E-state index is -0.175. The molecule has 19 heavy (non-hydrogen) atoms. The second-order valence-corrected chi connectivity index (χ2v) is 4.38.